The zero-order chi connectivity index (χ0) is 25.2. The van der Waals surface area contributed by atoms with Crippen molar-refractivity contribution in [1.29, 1.82) is 0 Å². The molecule has 1 aromatic heterocycles. The van der Waals surface area contributed by atoms with Gasteiger partial charge in [0.05, 0.1) is 11.3 Å². The van der Waals surface area contributed by atoms with E-state index >= 15 is 0 Å². The summed E-state index contributed by atoms with van der Waals surface area (Å²) in [5, 5.41) is 10.9. The van der Waals surface area contributed by atoms with Crippen molar-refractivity contribution in [3.8, 4) is 0 Å². The lowest BCUT2D eigenvalue weighted by molar-refractivity contribution is -0.110. The van der Waals surface area contributed by atoms with Gasteiger partial charge in [-0.25, -0.2) is 13.6 Å². The highest BCUT2D eigenvalue weighted by Crippen LogP contribution is 2.36. The molecule has 7 nitrogen and oxygen atoms in total. The number of H-pyrrole nitrogens is 1. The largest absolute Gasteiger partial charge is 0.362 e. The zero-order valence-electron chi connectivity index (χ0n) is 19.1. The number of aromatic amines is 1. The minimum atomic E-state index is -0.869. The maximum absolute atomic E-state index is 13.8. The Bertz CT molecular complexity index is 1490. The van der Waals surface area contributed by atoms with Crippen LogP contribution in [0, 0.1) is 18.6 Å². The average Bonchev–Trinajstić information content (AvgIpc) is 3.46. The summed E-state index contributed by atoms with van der Waals surface area (Å²) in [6, 6.07) is 17.0. The highest BCUT2D eigenvalue weighted by atomic mass is 19.1. The van der Waals surface area contributed by atoms with Gasteiger partial charge in [-0.3, -0.25) is 4.79 Å². The molecule has 2 heterocycles. The van der Waals surface area contributed by atoms with Gasteiger partial charge in [-0.2, -0.15) is 0 Å². The second-order valence-electron chi connectivity index (χ2n) is 8.23. The van der Waals surface area contributed by atoms with E-state index in [1.807, 2.05) is 37.3 Å². The standard InChI is InChI=1S/C27H21F2N5O2/c1-15-7-8-18(32-27(36)34-25-21(28)5-2-6-22(25)29)13-23(15)31-17-9-10-19-20(12-16-4-3-11-30-16)26(35)33-24(19)14-17/h2-14,30-31H,1H3,(H,33,35)(H2,32,34,36)/b20-12-. The third-order valence-corrected chi connectivity index (χ3v) is 5.70. The lowest BCUT2D eigenvalue weighted by atomic mass is 10.1. The summed E-state index contributed by atoms with van der Waals surface area (Å²) in [6.45, 7) is 1.90. The molecule has 1 aliphatic heterocycles. The van der Waals surface area contributed by atoms with Crippen molar-refractivity contribution in [2.45, 2.75) is 6.92 Å². The van der Waals surface area contributed by atoms with Crippen LogP contribution < -0.4 is 21.3 Å². The van der Waals surface area contributed by atoms with Crippen molar-refractivity contribution in [2.24, 2.45) is 0 Å². The van der Waals surface area contributed by atoms with E-state index in [4.69, 9.17) is 0 Å². The Morgan fingerprint density at radius 2 is 1.69 bits per heavy atom. The van der Waals surface area contributed by atoms with E-state index in [1.54, 1.807) is 30.5 Å². The van der Waals surface area contributed by atoms with E-state index < -0.39 is 23.4 Å². The fraction of sp³-hybridized carbons (Fsp3) is 0.0370. The number of hydrogen-bond donors (Lipinski definition) is 5. The van der Waals surface area contributed by atoms with Gasteiger partial charge in [-0.1, -0.05) is 18.2 Å². The molecule has 0 bridgehead atoms. The number of aromatic nitrogens is 1. The number of para-hydroxylation sites is 1. The van der Waals surface area contributed by atoms with Crippen molar-refractivity contribution in [3.63, 3.8) is 0 Å². The number of carbonyl (C=O) groups excluding carboxylic acids is 2. The summed E-state index contributed by atoms with van der Waals surface area (Å²) in [5.41, 5.74) is 5.11. The molecule has 3 aromatic carbocycles. The van der Waals surface area contributed by atoms with Crippen molar-refractivity contribution in [3.05, 3.63) is 101 Å². The van der Waals surface area contributed by atoms with Crippen LogP contribution in [0.3, 0.4) is 0 Å². The van der Waals surface area contributed by atoms with Gasteiger partial charge in [0, 0.05) is 34.5 Å². The number of hydrogen-bond acceptors (Lipinski definition) is 3. The molecule has 0 spiro atoms. The van der Waals surface area contributed by atoms with E-state index in [9.17, 15) is 18.4 Å². The van der Waals surface area contributed by atoms with Crippen LogP contribution in [-0.2, 0) is 4.79 Å². The van der Waals surface area contributed by atoms with Gasteiger partial charge in [-0.15, -0.1) is 0 Å². The van der Waals surface area contributed by atoms with Gasteiger partial charge in [0.25, 0.3) is 5.91 Å². The Balaban J connectivity index is 1.33. The molecule has 4 aromatic rings. The minimum absolute atomic E-state index is 0.184. The predicted molar refractivity (Wildman–Crippen MR) is 137 cm³/mol. The first-order valence-corrected chi connectivity index (χ1v) is 11.1. The number of aryl methyl sites for hydroxylation is 1. The monoisotopic (exact) mass is 485 g/mol. The first-order valence-electron chi connectivity index (χ1n) is 11.1. The first-order chi connectivity index (χ1) is 17.4. The number of carbonyl (C=O) groups is 2. The fourth-order valence-corrected chi connectivity index (χ4v) is 3.89. The van der Waals surface area contributed by atoms with Gasteiger partial charge in [-0.05, 0) is 67.1 Å². The number of benzene rings is 3. The molecule has 0 aliphatic carbocycles. The van der Waals surface area contributed by atoms with Gasteiger partial charge in [0.2, 0.25) is 0 Å². The molecule has 0 saturated carbocycles. The van der Waals surface area contributed by atoms with Crippen LogP contribution in [0.25, 0.3) is 11.6 Å². The molecule has 5 N–H and O–H groups in total. The topological polar surface area (TPSA) is 98.0 Å². The maximum atomic E-state index is 13.8. The molecule has 0 atom stereocenters. The fourth-order valence-electron chi connectivity index (χ4n) is 3.89. The summed E-state index contributed by atoms with van der Waals surface area (Å²) in [6.07, 6.45) is 3.59. The van der Waals surface area contributed by atoms with Crippen LogP contribution in [0.5, 0.6) is 0 Å². The molecular weight excluding hydrogens is 464 g/mol. The van der Waals surface area contributed by atoms with Crippen molar-refractivity contribution < 1.29 is 18.4 Å². The number of nitrogens with one attached hydrogen (secondary N) is 5. The second-order valence-corrected chi connectivity index (χ2v) is 8.23. The van der Waals surface area contributed by atoms with E-state index in [0.29, 0.717) is 22.6 Å². The summed E-state index contributed by atoms with van der Waals surface area (Å²) in [4.78, 5) is 27.9. The van der Waals surface area contributed by atoms with Gasteiger partial charge in [0.1, 0.15) is 17.3 Å². The predicted octanol–water partition coefficient (Wildman–Crippen LogP) is 6.48. The average molecular weight is 485 g/mol. The Kier molecular flexibility index (Phi) is 5.95. The Morgan fingerprint density at radius 3 is 2.44 bits per heavy atom. The smallest absolute Gasteiger partial charge is 0.323 e. The number of amides is 3. The molecule has 0 radical (unpaired) electrons. The molecule has 3 amide bonds. The number of fused-ring (bicyclic) bond motifs is 1. The van der Waals surface area contributed by atoms with Crippen LogP contribution in [0.2, 0.25) is 0 Å². The number of anilines is 5. The summed E-state index contributed by atoms with van der Waals surface area (Å²) in [7, 11) is 0. The quantitative estimate of drug-likeness (QED) is 0.209. The summed E-state index contributed by atoms with van der Waals surface area (Å²) < 4.78 is 27.6. The van der Waals surface area contributed by atoms with E-state index in [1.165, 1.54) is 6.07 Å². The van der Waals surface area contributed by atoms with Crippen molar-refractivity contribution in [1.82, 2.24) is 4.98 Å². The SMILES string of the molecule is Cc1ccc(NC(=O)Nc2c(F)cccc2F)cc1Nc1ccc2c(c1)NC(=O)/C2=C\c1ccc[nH]1. The third-order valence-electron chi connectivity index (χ3n) is 5.70. The highest BCUT2D eigenvalue weighted by molar-refractivity contribution is 6.35. The molecule has 1 aliphatic rings. The molecule has 5 rings (SSSR count). The molecule has 0 saturated heterocycles. The first kappa shape index (κ1) is 22.9. The maximum Gasteiger partial charge on any atom is 0.323 e. The summed E-state index contributed by atoms with van der Waals surface area (Å²) >= 11 is 0. The van der Waals surface area contributed by atoms with Crippen LogP contribution in [0.1, 0.15) is 16.8 Å². The van der Waals surface area contributed by atoms with Crippen LogP contribution in [-0.4, -0.2) is 16.9 Å². The van der Waals surface area contributed by atoms with E-state index in [2.05, 4.69) is 26.3 Å². The lowest BCUT2D eigenvalue weighted by Crippen LogP contribution is -2.21. The van der Waals surface area contributed by atoms with Crippen molar-refractivity contribution in [2.75, 3.05) is 21.3 Å². The highest BCUT2D eigenvalue weighted by Gasteiger charge is 2.24. The molecule has 0 fully saturated rings. The van der Waals surface area contributed by atoms with Gasteiger partial charge >= 0.3 is 6.03 Å². The lowest BCUT2D eigenvalue weighted by Gasteiger charge is -2.14. The molecular formula is C27H21F2N5O2. The molecule has 36 heavy (non-hydrogen) atoms. The molecule has 9 heteroatoms. The van der Waals surface area contributed by atoms with Crippen LogP contribution in [0.4, 0.5) is 42.0 Å². The number of halogens is 2. The van der Waals surface area contributed by atoms with Gasteiger partial charge < -0.3 is 26.3 Å². The molecule has 0 unspecified atom stereocenters. The second kappa shape index (κ2) is 9.38. The zero-order valence-corrected chi connectivity index (χ0v) is 19.1. The Morgan fingerprint density at radius 1 is 0.917 bits per heavy atom. The Labute approximate surface area is 205 Å². The summed E-state index contributed by atoms with van der Waals surface area (Å²) in [5.74, 6) is -1.92. The number of rotatable bonds is 5. The normalized spacial score (nSPS) is 13.3. The third kappa shape index (κ3) is 4.67. The molecule has 180 valence electrons. The Hall–Kier alpha value is -4.92. The van der Waals surface area contributed by atoms with E-state index in [0.717, 1.165) is 34.6 Å². The van der Waals surface area contributed by atoms with Crippen LogP contribution in [0.15, 0.2) is 72.9 Å². The van der Waals surface area contributed by atoms with Gasteiger partial charge in [0.15, 0.2) is 0 Å². The van der Waals surface area contributed by atoms with Crippen LogP contribution >= 0.6 is 0 Å². The minimum Gasteiger partial charge on any atom is -0.362 e. The van der Waals surface area contributed by atoms with E-state index in [-0.39, 0.29) is 5.91 Å². The number of urea groups is 1. The van der Waals surface area contributed by atoms with Crippen molar-refractivity contribution >= 4 is 52.0 Å².